The molecule has 0 bridgehead atoms. The highest BCUT2D eigenvalue weighted by atomic mass is 16.5. The second-order valence-electron chi connectivity index (χ2n) is 22.9. The lowest BCUT2D eigenvalue weighted by molar-refractivity contribution is -0.109. The van der Waals surface area contributed by atoms with Crippen LogP contribution in [-0.4, -0.2) is 11.6 Å². The van der Waals surface area contributed by atoms with E-state index in [0.29, 0.717) is 33.8 Å². The lowest BCUT2D eigenvalue weighted by Crippen LogP contribution is -2.02. The summed E-state index contributed by atoms with van der Waals surface area (Å²) in [5, 5.41) is 0. The molecule has 0 amide bonds. The van der Waals surface area contributed by atoms with Gasteiger partial charge in [-0.25, -0.2) is 0 Å². The van der Waals surface area contributed by atoms with Crippen LogP contribution >= 0.6 is 0 Å². The van der Waals surface area contributed by atoms with Crippen LogP contribution in [0.25, 0.3) is 44.6 Å². The van der Waals surface area contributed by atoms with Gasteiger partial charge in [-0.3, -0.25) is 9.59 Å². The zero-order valence-electron chi connectivity index (χ0n) is 50.9. The molecule has 0 radical (unpaired) electrons. The number of rotatable bonds is 10. The molecule has 4 aliphatic rings. The molecule has 0 N–H and O–H groups in total. The Bertz CT molecular complexity index is 5080. The minimum absolute atomic E-state index is 0.0715. The number of carbonyl (C=O) groups excluding carboxylic acids is 2. The molecule has 0 aromatic heterocycles. The minimum atomic E-state index is -0.0717. The van der Waals surface area contributed by atoms with E-state index in [4.69, 9.17) is 4.74 Å². The zero-order valence-corrected chi connectivity index (χ0v) is 50.9. The van der Waals surface area contributed by atoms with E-state index in [2.05, 4.69) is 108 Å². The maximum atomic E-state index is 15.5. The van der Waals surface area contributed by atoms with E-state index in [0.717, 1.165) is 137 Å². The Balaban J connectivity index is 0.823. The van der Waals surface area contributed by atoms with Gasteiger partial charge in [-0.2, -0.15) is 0 Å². The van der Waals surface area contributed by atoms with Crippen LogP contribution < -0.4 is 4.74 Å². The van der Waals surface area contributed by atoms with E-state index in [-0.39, 0.29) is 11.6 Å². The highest BCUT2D eigenvalue weighted by molar-refractivity contribution is 6.60. The molecule has 3 nitrogen and oxygen atoms in total. The lowest BCUT2D eigenvalue weighted by Gasteiger charge is -2.15. The van der Waals surface area contributed by atoms with Gasteiger partial charge in [0.15, 0.2) is 11.6 Å². The summed E-state index contributed by atoms with van der Waals surface area (Å²) in [7, 11) is 0. The van der Waals surface area contributed by atoms with E-state index in [1.807, 2.05) is 243 Å². The van der Waals surface area contributed by atoms with Crippen molar-refractivity contribution < 1.29 is 14.3 Å². The average Bonchev–Trinajstić information content (AvgIpc) is 1.63. The number of Topliss-reactive ketones (excluding diaryl/α,β-unsaturated/α-hetero) is 2. The van der Waals surface area contributed by atoms with Crippen LogP contribution in [0.5, 0.6) is 11.5 Å². The summed E-state index contributed by atoms with van der Waals surface area (Å²) in [4.78, 5) is 31.1. The third-order valence-electron chi connectivity index (χ3n) is 16.7. The number of allylic oxidation sites excluding steroid dienone is 16. The molecule has 0 saturated heterocycles. The fourth-order valence-electron chi connectivity index (χ4n) is 12.1. The topological polar surface area (TPSA) is 43.4 Å². The Kier molecular flexibility index (Phi) is 16.9. The normalized spacial score (nSPS) is 14.1. The van der Waals surface area contributed by atoms with E-state index < -0.39 is 0 Å². The maximum absolute atomic E-state index is 15.5. The highest BCUT2D eigenvalue weighted by Gasteiger charge is 2.37. The average molecular weight is 1190 g/mol. The number of ether oxygens (including phenoxy) is 1. The van der Waals surface area contributed by atoms with Crippen LogP contribution in [0.1, 0.15) is 104 Å². The van der Waals surface area contributed by atoms with E-state index in [1.54, 1.807) is 0 Å². The second-order valence-corrected chi connectivity index (χ2v) is 22.9. The van der Waals surface area contributed by atoms with Crippen molar-refractivity contribution in [2.75, 3.05) is 0 Å². The van der Waals surface area contributed by atoms with Gasteiger partial charge in [0.05, 0.1) is 0 Å². The molecule has 10 aromatic carbocycles. The first-order chi connectivity index (χ1) is 45.9. The molecule has 0 atom stereocenters. The van der Waals surface area contributed by atoms with Gasteiger partial charge in [-0.05, 0) is 167 Å². The van der Waals surface area contributed by atoms with Crippen LogP contribution in [0.15, 0.2) is 315 Å². The molecule has 436 valence electrons. The van der Waals surface area contributed by atoms with Crippen LogP contribution in [0, 0.1) is 47.4 Å². The van der Waals surface area contributed by atoms with Gasteiger partial charge in [-0.15, -0.1) is 0 Å². The first-order valence-corrected chi connectivity index (χ1v) is 31.3. The third-order valence-corrected chi connectivity index (χ3v) is 16.7. The van der Waals surface area contributed by atoms with Gasteiger partial charge in [0.1, 0.15) is 11.5 Å². The summed E-state index contributed by atoms with van der Waals surface area (Å²) in [5.41, 5.74) is 19.8. The molecule has 0 heterocycles. The molecule has 14 rings (SSSR count). The summed E-state index contributed by atoms with van der Waals surface area (Å²) in [5.74, 6) is 27.6. The molecule has 0 fully saturated rings. The standard InChI is InChI=1S/C90H58O3/c91-89-85(75-47-39-67(40-48-75)35-31-63-19-7-1-8-20-63)81(71-27-15-5-16-28-71)83(87(89)77-51-43-69(44-52-77)37-33-65-23-11-3-12-24-65)73-55-59-79(60-56-73)93-80-61-57-74(58-62-80)84-82(72-29-17-6-18-30-72)86(76-49-41-68(42-50-76)36-32-64-21-9-2-10-22-64)90(92)88(84)78-53-45-70(46-54-78)38-34-66-25-13-4-14-26-66/h1,4-9,11,13-30,39-62H,2-3,10,12H2. The SMILES string of the molecule is O=C1C(c2ccc(C#Cc3ccccc3)cc2)=C(c2ccccc2)C(c2ccc(Oc3ccc(C4=C(c5ccc(C#Cc6ccccc6)cc5)C(=O)C(c5ccc(C#CC6=CCCC=C6)cc5)=C4c4ccccc4)cc3)cc2)=C1c1ccc(C#CC2=CCCC=C2)cc1. The van der Waals surface area contributed by atoms with Crippen molar-refractivity contribution in [3.63, 3.8) is 0 Å². The molecule has 10 aromatic rings. The Morgan fingerprint density at radius 2 is 0.462 bits per heavy atom. The van der Waals surface area contributed by atoms with Crippen molar-refractivity contribution in [3.8, 4) is 58.9 Å². The van der Waals surface area contributed by atoms with Gasteiger partial charge in [0, 0.05) is 89.1 Å². The van der Waals surface area contributed by atoms with Crippen molar-refractivity contribution in [1.29, 1.82) is 0 Å². The molecule has 0 saturated carbocycles. The van der Waals surface area contributed by atoms with Crippen LogP contribution in [0.3, 0.4) is 0 Å². The zero-order chi connectivity index (χ0) is 62.7. The molecule has 0 aliphatic heterocycles. The van der Waals surface area contributed by atoms with Crippen molar-refractivity contribution in [3.05, 3.63) is 392 Å². The minimum Gasteiger partial charge on any atom is -0.457 e. The monoisotopic (exact) mass is 1190 g/mol. The van der Waals surface area contributed by atoms with E-state index in [9.17, 15) is 0 Å². The first-order valence-electron chi connectivity index (χ1n) is 31.3. The predicted octanol–water partition coefficient (Wildman–Crippen LogP) is 19.7. The number of hydrogen-bond donors (Lipinski definition) is 0. The van der Waals surface area contributed by atoms with Gasteiger partial charge in [0.25, 0.3) is 0 Å². The van der Waals surface area contributed by atoms with Crippen LogP contribution in [0.2, 0.25) is 0 Å². The Morgan fingerprint density at radius 1 is 0.226 bits per heavy atom. The number of hydrogen-bond acceptors (Lipinski definition) is 3. The second kappa shape index (κ2) is 27.1. The largest absolute Gasteiger partial charge is 0.457 e. The molecule has 3 heteroatoms. The molecular formula is C90H58O3. The summed E-state index contributed by atoms with van der Waals surface area (Å²) in [6.45, 7) is 0. The summed E-state index contributed by atoms with van der Waals surface area (Å²) in [6, 6.07) is 88.2. The van der Waals surface area contributed by atoms with Crippen LogP contribution in [-0.2, 0) is 9.59 Å². The third kappa shape index (κ3) is 13.0. The lowest BCUT2D eigenvalue weighted by atomic mass is 9.89. The molecule has 0 unspecified atom stereocenters. The molecule has 93 heavy (non-hydrogen) atoms. The molecule has 4 aliphatic carbocycles. The molecular weight excluding hydrogens is 1130 g/mol. The van der Waals surface area contributed by atoms with Crippen molar-refractivity contribution >= 4 is 56.2 Å². The van der Waals surface area contributed by atoms with Crippen LogP contribution in [0.4, 0.5) is 0 Å². The fourth-order valence-corrected chi connectivity index (χ4v) is 12.1. The number of ketones is 2. The van der Waals surface area contributed by atoms with Crippen molar-refractivity contribution in [2.24, 2.45) is 0 Å². The fraction of sp³-hybridized carbons (Fsp3) is 0.0444. The first kappa shape index (κ1) is 58.2. The summed E-state index contributed by atoms with van der Waals surface area (Å²) in [6.07, 6.45) is 16.8. The summed E-state index contributed by atoms with van der Waals surface area (Å²) >= 11 is 0. The predicted molar refractivity (Wildman–Crippen MR) is 380 cm³/mol. The number of carbonyl (C=O) groups is 2. The Hall–Kier alpha value is -12.5. The van der Waals surface area contributed by atoms with Gasteiger partial charge >= 0.3 is 0 Å². The van der Waals surface area contributed by atoms with Crippen molar-refractivity contribution in [1.82, 2.24) is 0 Å². The van der Waals surface area contributed by atoms with Gasteiger partial charge in [0.2, 0.25) is 0 Å². The highest BCUT2D eigenvalue weighted by Crippen LogP contribution is 2.52. The quantitative estimate of drug-likeness (QED) is 0.128. The maximum Gasteiger partial charge on any atom is 0.195 e. The Labute approximate surface area is 544 Å². The Morgan fingerprint density at radius 3 is 0.742 bits per heavy atom. The summed E-state index contributed by atoms with van der Waals surface area (Å²) < 4.78 is 6.71. The van der Waals surface area contributed by atoms with E-state index >= 15 is 9.59 Å². The van der Waals surface area contributed by atoms with Crippen molar-refractivity contribution in [2.45, 2.75) is 25.7 Å². The van der Waals surface area contributed by atoms with Gasteiger partial charge in [-0.1, -0.05) is 254 Å². The van der Waals surface area contributed by atoms with Gasteiger partial charge < -0.3 is 4.74 Å². The number of benzene rings is 10. The molecule has 0 spiro atoms. The smallest absolute Gasteiger partial charge is 0.195 e. The van der Waals surface area contributed by atoms with E-state index in [1.165, 1.54) is 0 Å².